The predicted octanol–water partition coefficient (Wildman–Crippen LogP) is 4.87. The highest BCUT2D eigenvalue weighted by Gasteiger charge is 2.16. The van der Waals surface area contributed by atoms with Crippen LogP contribution in [0.2, 0.25) is 0 Å². The monoisotopic (exact) mass is 353 g/mol. The van der Waals surface area contributed by atoms with E-state index >= 15 is 0 Å². The molecule has 0 amide bonds. The number of carbonyl (C=O) groups is 1. The molecule has 0 bridgehead atoms. The van der Waals surface area contributed by atoms with Gasteiger partial charge < -0.3 is 9.47 Å². The summed E-state index contributed by atoms with van der Waals surface area (Å²) in [6.45, 7) is 4.28. The molecule has 5 heteroatoms. The van der Waals surface area contributed by atoms with E-state index in [0.717, 1.165) is 16.3 Å². The van der Waals surface area contributed by atoms with Crippen LogP contribution in [0.3, 0.4) is 0 Å². The number of rotatable bonds is 6. The van der Waals surface area contributed by atoms with Crippen LogP contribution in [0.25, 0.3) is 11.1 Å². The first-order chi connectivity index (χ1) is 12.2. The highest BCUT2D eigenvalue weighted by atomic mass is 32.1. The number of benzene rings is 2. The lowest BCUT2D eigenvalue weighted by molar-refractivity contribution is 0.0531. The quantitative estimate of drug-likeness (QED) is 0.593. The second-order valence-electron chi connectivity index (χ2n) is 5.42. The normalized spacial score (nSPS) is 10.5. The van der Waals surface area contributed by atoms with E-state index in [2.05, 4.69) is 17.1 Å². The standard InChI is InChI=1S/C20H19NO3S/c1-3-23-20(22)19-14(2)21-18(25-19)13-24-17-11-9-16(10-12-17)15-7-5-4-6-8-15/h4-12H,3,13H2,1-2H3. The van der Waals surface area contributed by atoms with Crippen LogP contribution in [0.1, 0.15) is 27.3 Å². The third-order valence-electron chi connectivity index (χ3n) is 3.63. The summed E-state index contributed by atoms with van der Waals surface area (Å²) < 4.78 is 10.8. The van der Waals surface area contributed by atoms with Gasteiger partial charge in [-0.2, -0.15) is 0 Å². The Hall–Kier alpha value is -2.66. The summed E-state index contributed by atoms with van der Waals surface area (Å²) in [5.74, 6) is 0.446. The van der Waals surface area contributed by atoms with Crippen molar-refractivity contribution in [3.05, 3.63) is 70.2 Å². The van der Waals surface area contributed by atoms with Crippen LogP contribution in [0, 0.1) is 6.92 Å². The molecule has 0 atom stereocenters. The van der Waals surface area contributed by atoms with Crippen LogP contribution in [0.5, 0.6) is 5.75 Å². The van der Waals surface area contributed by atoms with Gasteiger partial charge in [-0.25, -0.2) is 9.78 Å². The molecule has 25 heavy (non-hydrogen) atoms. The molecule has 0 saturated heterocycles. The molecule has 0 N–H and O–H groups in total. The molecule has 0 saturated carbocycles. The van der Waals surface area contributed by atoms with Crippen molar-refractivity contribution in [1.82, 2.24) is 4.98 Å². The number of hydrogen-bond acceptors (Lipinski definition) is 5. The fourth-order valence-electron chi connectivity index (χ4n) is 2.42. The molecular weight excluding hydrogens is 334 g/mol. The Morgan fingerprint density at radius 1 is 1.04 bits per heavy atom. The summed E-state index contributed by atoms with van der Waals surface area (Å²) in [6, 6.07) is 18.1. The summed E-state index contributed by atoms with van der Waals surface area (Å²) in [5.41, 5.74) is 2.99. The summed E-state index contributed by atoms with van der Waals surface area (Å²) in [5, 5.41) is 0.757. The van der Waals surface area contributed by atoms with Gasteiger partial charge in [-0.15, -0.1) is 11.3 Å². The molecule has 0 spiro atoms. The topological polar surface area (TPSA) is 48.4 Å². The molecule has 0 radical (unpaired) electrons. The SMILES string of the molecule is CCOC(=O)c1sc(COc2ccc(-c3ccccc3)cc2)nc1C. The van der Waals surface area contributed by atoms with Gasteiger partial charge in [-0.1, -0.05) is 42.5 Å². The van der Waals surface area contributed by atoms with Crippen LogP contribution in [-0.2, 0) is 11.3 Å². The van der Waals surface area contributed by atoms with E-state index in [4.69, 9.17) is 9.47 Å². The first kappa shape index (κ1) is 17.2. The summed E-state index contributed by atoms with van der Waals surface area (Å²) in [7, 11) is 0. The molecule has 1 aromatic heterocycles. The Labute approximate surface area is 151 Å². The molecule has 2 aromatic carbocycles. The van der Waals surface area contributed by atoms with E-state index < -0.39 is 0 Å². The van der Waals surface area contributed by atoms with Crippen LogP contribution in [-0.4, -0.2) is 17.6 Å². The van der Waals surface area contributed by atoms with Gasteiger partial charge in [0.15, 0.2) is 0 Å². The fraction of sp³-hybridized carbons (Fsp3) is 0.200. The van der Waals surface area contributed by atoms with Crippen LogP contribution in [0.15, 0.2) is 54.6 Å². The Morgan fingerprint density at radius 2 is 1.72 bits per heavy atom. The molecule has 0 fully saturated rings. The van der Waals surface area contributed by atoms with Crippen molar-refractivity contribution in [2.24, 2.45) is 0 Å². The molecule has 0 aliphatic rings. The minimum atomic E-state index is -0.323. The summed E-state index contributed by atoms with van der Waals surface area (Å²) in [6.07, 6.45) is 0. The lowest BCUT2D eigenvalue weighted by atomic mass is 10.1. The number of nitrogens with zero attached hydrogens (tertiary/aromatic N) is 1. The maximum Gasteiger partial charge on any atom is 0.350 e. The molecule has 1 heterocycles. The Morgan fingerprint density at radius 3 is 2.40 bits per heavy atom. The van der Waals surface area contributed by atoms with Crippen molar-refractivity contribution < 1.29 is 14.3 Å². The minimum Gasteiger partial charge on any atom is -0.486 e. The van der Waals surface area contributed by atoms with Gasteiger partial charge in [0.05, 0.1) is 12.3 Å². The molecule has 3 rings (SSSR count). The molecule has 128 valence electrons. The minimum absolute atomic E-state index is 0.323. The van der Waals surface area contributed by atoms with Gasteiger partial charge in [0.25, 0.3) is 0 Å². The van der Waals surface area contributed by atoms with E-state index in [1.54, 1.807) is 13.8 Å². The third kappa shape index (κ3) is 4.25. The molecule has 3 aromatic rings. The smallest absolute Gasteiger partial charge is 0.350 e. The fourth-order valence-corrected chi connectivity index (χ4v) is 3.29. The highest BCUT2D eigenvalue weighted by Crippen LogP contribution is 2.24. The number of aryl methyl sites for hydroxylation is 1. The van der Waals surface area contributed by atoms with Gasteiger partial charge >= 0.3 is 5.97 Å². The van der Waals surface area contributed by atoms with Crippen molar-refractivity contribution in [2.45, 2.75) is 20.5 Å². The van der Waals surface area contributed by atoms with Crippen LogP contribution < -0.4 is 4.74 Å². The molecule has 4 nitrogen and oxygen atoms in total. The highest BCUT2D eigenvalue weighted by molar-refractivity contribution is 7.13. The number of thiazole rings is 1. The van der Waals surface area contributed by atoms with Crippen molar-refractivity contribution in [2.75, 3.05) is 6.61 Å². The first-order valence-corrected chi connectivity index (χ1v) is 8.90. The average Bonchev–Trinajstić information content (AvgIpc) is 3.02. The number of carbonyl (C=O) groups excluding carboxylic acids is 1. The molecule has 0 aliphatic carbocycles. The Kier molecular flexibility index (Phi) is 5.46. The molecular formula is C20H19NO3S. The zero-order valence-electron chi connectivity index (χ0n) is 14.2. The Balaban J connectivity index is 1.64. The summed E-state index contributed by atoms with van der Waals surface area (Å²) in [4.78, 5) is 16.8. The third-order valence-corrected chi connectivity index (χ3v) is 4.74. The lowest BCUT2D eigenvalue weighted by Crippen LogP contribution is -2.03. The van der Waals surface area contributed by atoms with Crippen LogP contribution >= 0.6 is 11.3 Å². The zero-order chi connectivity index (χ0) is 17.6. The van der Waals surface area contributed by atoms with Gasteiger partial charge in [0.2, 0.25) is 0 Å². The van der Waals surface area contributed by atoms with Crippen molar-refractivity contribution >= 4 is 17.3 Å². The number of aromatic nitrogens is 1. The van der Waals surface area contributed by atoms with Crippen molar-refractivity contribution in [3.63, 3.8) is 0 Å². The Bertz CT molecular complexity index is 841. The lowest BCUT2D eigenvalue weighted by Gasteiger charge is -2.06. The predicted molar refractivity (Wildman–Crippen MR) is 99.0 cm³/mol. The van der Waals surface area contributed by atoms with Gasteiger partial charge in [-0.05, 0) is 37.1 Å². The molecule has 0 aliphatic heterocycles. The van der Waals surface area contributed by atoms with E-state index in [9.17, 15) is 4.79 Å². The van der Waals surface area contributed by atoms with E-state index in [1.165, 1.54) is 16.9 Å². The number of esters is 1. The molecule has 0 unspecified atom stereocenters. The van der Waals surface area contributed by atoms with Gasteiger partial charge in [0.1, 0.15) is 22.2 Å². The van der Waals surface area contributed by atoms with E-state index in [-0.39, 0.29) is 5.97 Å². The average molecular weight is 353 g/mol. The van der Waals surface area contributed by atoms with Gasteiger partial charge in [-0.3, -0.25) is 0 Å². The number of ether oxygens (including phenoxy) is 2. The maximum absolute atomic E-state index is 11.8. The number of hydrogen-bond donors (Lipinski definition) is 0. The second-order valence-corrected chi connectivity index (χ2v) is 6.51. The summed E-state index contributed by atoms with van der Waals surface area (Å²) >= 11 is 1.32. The van der Waals surface area contributed by atoms with E-state index in [0.29, 0.717) is 23.8 Å². The first-order valence-electron chi connectivity index (χ1n) is 8.09. The van der Waals surface area contributed by atoms with Crippen molar-refractivity contribution in [3.8, 4) is 16.9 Å². The van der Waals surface area contributed by atoms with Crippen molar-refractivity contribution in [1.29, 1.82) is 0 Å². The van der Waals surface area contributed by atoms with E-state index in [1.807, 2.05) is 42.5 Å². The van der Waals surface area contributed by atoms with Gasteiger partial charge in [0, 0.05) is 0 Å². The second kappa shape index (κ2) is 7.94. The largest absolute Gasteiger partial charge is 0.486 e. The zero-order valence-corrected chi connectivity index (χ0v) is 15.0. The van der Waals surface area contributed by atoms with Crippen LogP contribution in [0.4, 0.5) is 0 Å². The maximum atomic E-state index is 11.8.